The molecule has 6 heteroatoms. The lowest BCUT2D eigenvalue weighted by atomic mass is 10.0. The molecule has 0 saturated carbocycles. The van der Waals surface area contributed by atoms with Crippen molar-refractivity contribution in [3.63, 3.8) is 0 Å². The van der Waals surface area contributed by atoms with E-state index in [1.54, 1.807) is 0 Å². The topological polar surface area (TPSA) is 95.9 Å². The predicted molar refractivity (Wildman–Crippen MR) is 273 cm³/mol. The number of nitrogens with one attached hydrogen (secondary N) is 1. The average molecular weight is 880 g/mol. The van der Waals surface area contributed by atoms with Crippen LogP contribution < -0.4 is 5.32 Å². The van der Waals surface area contributed by atoms with Crippen LogP contribution in [0.5, 0.6) is 0 Å². The van der Waals surface area contributed by atoms with E-state index in [-0.39, 0.29) is 31.3 Å². The Morgan fingerprint density at radius 2 is 0.825 bits per heavy atom. The highest BCUT2D eigenvalue weighted by molar-refractivity contribution is 5.77. The minimum atomic E-state index is -0.801. The maximum absolute atomic E-state index is 13.2. The number of hydrogen-bond donors (Lipinski definition) is 3. The first kappa shape index (κ1) is 60.3. The highest BCUT2D eigenvalue weighted by Gasteiger charge is 2.24. The molecule has 1 amide bonds. The number of hydrogen-bond acceptors (Lipinski definition) is 5. The Morgan fingerprint density at radius 3 is 1.21 bits per heavy atom. The molecule has 3 N–H and O–H groups in total. The largest absolute Gasteiger partial charge is 0.462 e. The zero-order valence-corrected chi connectivity index (χ0v) is 41.4. The Balaban J connectivity index is 4.65. The SMILES string of the molecule is CC/C=C\C/C=C\C/C=C\C/C=C\C/C=C\C/C=C\CCC(=O)OC(CCCCCCCCCCCCCC)CC(=O)NC(CO)C(O)CCCCCCCCCCCCCCC. The molecule has 0 rings (SSSR count). The first-order valence-corrected chi connectivity index (χ1v) is 26.7. The van der Waals surface area contributed by atoms with Gasteiger partial charge in [-0.05, 0) is 64.2 Å². The molecular formula is C57H101NO5. The van der Waals surface area contributed by atoms with E-state index in [1.807, 2.05) is 6.08 Å². The van der Waals surface area contributed by atoms with Crippen molar-refractivity contribution in [3.8, 4) is 0 Å². The van der Waals surface area contributed by atoms with Crippen molar-refractivity contribution in [2.75, 3.05) is 6.61 Å². The maximum atomic E-state index is 13.2. The Labute approximate surface area is 390 Å². The van der Waals surface area contributed by atoms with Crippen LogP contribution in [0.25, 0.3) is 0 Å². The summed E-state index contributed by atoms with van der Waals surface area (Å²) in [5.41, 5.74) is 0. The van der Waals surface area contributed by atoms with Gasteiger partial charge in [0, 0.05) is 6.42 Å². The molecule has 0 aromatic carbocycles. The Morgan fingerprint density at radius 1 is 0.476 bits per heavy atom. The van der Waals surface area contributed by atoms with E-state index < -0.39 is 18.2 Å². The van der Waals surface area contributed by atoms with Crippen LogP contribution in [-0.2, 0) is 14.3 Å². The highest BCUT2D eigenvalue weighted by atomic mass is 16.5. The van der Waals surface area contributed by atoms with Crippen LogP contribution in [0.4, 0.5) is 0 Å². The van der Waals surface area contributed by atoms with Gasteiger partial charge in [0.2, 0.25) is 5.91 Å². The second-order valence-electron chi connectivity index (χ2n) is 17.9. The molecule has 0 fully saturated rings. The number of aliphatic hydroxyl groups is 2. The van der Waals surface area contributed by atoms with Gasteiger partial charge in [0.25, 0.3) is 0 Å². The van der Waals surface area contributed by atoms with Gasteiger partial charge in [0.05, 0.1) is 25.2 Å². The van der Waals surface area contributed by atoms with Crippen LogP contribution in [0.15, 0.2) is 72.9 Å². The van der Waals surface area contributed by atoms with Gasteiger partial charge in [0.1, 0.15) is 6.10 Å². The number of carbonyl (C=O) groups is 2. The average Bonchev–Trinajstić information content (AvgIpc) is 3.28. The molecule has 0 saturated heterocycles. The Hall–Kier alpha value is -2.70. The normalized spacial score (nSPS) is 13.8. The van der Waals surface area contributed by atoms with Crippen molar-refractivity contribution in [1.82, 2.24) is 5.32 Å². The number of rotatable bonds is 47. The zero-order chi connectivity index (χ0) is 45.9. The quantitative estimate of drug-likeness (QED) is 0.0321. The van der Waals surface area contributed by atoms with Crippen LogP contribution in [0, 0.1) is 0 Å². The number of amides is 1. The smallest absolute Gasteiger partial charge is 0.306 e. The molecule has 6 nitrogen and oxygen atoms in total. The maximum Gasteiger partial charge on any atom is 0.306 e. The van der Waals surface area contributed by atoms with E-state index in [0.29, 0.717) is 19.3 Å². The molecular weight excluding hydrogens is 779 g/mol. The molecule has 0 radical (unpaired) electrons. The summed E-state index contributed by atoms with van der Waals surface area (Å²) in [5.74, 6) is -0.570. The molecule has 0 bridgehead atoms. The van der Waals surface area contributed by atoms with Gasteiger partial charge in [0.15, 0.2) is 0 Å². The lowest BCUT2D eigenvalue weighted by Crippen LogP contribution is -2.46. The number of allylic oxidation sites excluding steroid dienone is 12. The lowest BCUT2D eigenvalue weighted by molar-refractivity contribution is -0.150. The van der Waals surface area contributed by atoms with Crippen molar-refractivity contribution in [2.45, 2.75) is 270 Å². The summed E-state index contributed by atoms with van der Waals surface area (Å²) < 4.78 is 5.90. The van der Waals surface area contributed by atoms with Crippen molar-refractivity contribution in [1.29, 1.82) is 0 Å². The van der Waals surface area contributed by atoms with Crippen molar-refractivity contribution in [3.05, 3.63) is 72.9 Å². The second-order valence-corrected chi connectivity index (χ2v) is 17.9. The van der Waals surface area contributed by atoms with Gasteiger partial charge in [-0.1, -0.05) is 248 Å². The van der Waals surface area contributed by atoms with Gasteiger partial charge in [-0.2, -0.15) is 0 Å². The Bertz CT molecular complexity index is 1170. The molecule has 364 valence electrons. The monoisotopic (exact) mass is 880 g/mol. The van der Waals surface area contributed by atoms with Crippen molar-refractivity contribution >= 4 is 11.9 Å². The fourth-order valence-corrected chi connectivity index (χ4v) is 7.81. The summed E-state index contributed by atoms with van der Waals surface area (Å²) in [6.45, 7) is 6.36. The summed E-state index contributed by atoms with van der Waals surface area (Å²) in [6.07, 6.45) is 64.0. The van der Waals surface area contributed by atoms with Crippen LogP contribution in [0.3, 0.4) is 0 Å². The van der Waals surface area contributed by atoms with E-state index in [9.17, 15) is 19.8 Å². The minimum absolute atomic E-state index is 0.0473. The van der Waals surface area contributed by atoms with Gasteiger partial charge >= 0.3 is 5.97 Å². The molecule has 0 spiro atoms. The molecule has 0 heterocycles. The predicted octanol–water partition coefficient (Wildman–Crippen LogP) is 16.2. The number of aliphatic hydroxyl groups excluding tert-OH is 2. The van der Waals surface area contributed by atoms with E-state index in [1.165, 1.54) is 122 Å². The second kappa shape index (κ2) is 50.3. The first-order valence-electron chi connectivity index (χ1n) is 26.7. The molecule has 0 aliphatic heterocycles. The number of esters is 1. The molecule has 0 aliphatic carbocycles. The number of unbranched alkanes of at least 4 members (excludes halogenated alkanes) is 23. The number of carbonyl (C=O) groups excluding carboxylic acids is 2. The third-order valence-corrected chi connectivity index (χ3v) is 11.8. The van der Waals surface area contributed by atoms with Gasteiger partial charge in [-0.15, -0.1) is 0 Å². The van der Waals surface area contributed by atoms with Crippen LogP contribution in [0.2, 0.25) is 0 Å². The molecule has 0 aromatic rings. The summed E-state index contributed by atoms with van der Waals surface area (Å²) in [6, 6.07) is -0.717. The standard InChI is InChI=1S/C57H101NO5/c1-4-7-10-13-16-19-22-25-26-27-28-29-30-32-35-38-41-44-47-50-57(62)63-53(48-45-42-39-36-33-24-21-18-15-12-9-6-3)51-56(61)58-54(52-59)55(60)49-46-43-40-37-34-31-23-20-17-14-11-8-5-2/h7,10,16,19,25-26,28-29,32,35,41,44,53-55,59-60H,4-6,8-9,11-15,17-18,20-24,27,30-31,33-34,36-40,42-43,45-52H2,1-3H3,(H,58,61)/b10-7-,19-16-,26-25-,29-28-,35-32-,44-41-. The van der Waals surface area contributed by atoms with Crippen molar-refractivity contribution in [2.24, 2.45) is 0 Å². The molecule has 3 atom stereocenters. The zero-order valence-electron chi connectivity index (χ0n) is 41.4. The molecule has 0 aromatic heterocycles. The van der Waals surface area contributed by atoms with E-state index in [0.717, 1.165) is 77.0 Å². The Kier molecular flexibility index (Phi) is 48.1. The van der Waals surface area contributed by atoms with Crippen LogP contribution >= 0.6 is 0 Å². The van der Waals surface area contributed by atoms with E-state index in [2.05, 4.69) is 92.9 Å². The summed E-state index contributed by atoms with van der Waals surface area (Å²) in [7, 11) is 0. The van der Waals surface area contributed by atoms with E-state index in [4.69, 9.17) is 4.74 Å². The van der Waals surface area contributed by atoms with E-state index >= 15 is 0 Å². The first-order chi connectivity index (χ1) is 31.0. The van der Waals surface area contributed by atoms with Gasteiger partial charge in [-0.25, -0.2) is 0 Å². The van der Waals surface area contributed by atoms with Crippen molar-refractivity contribution < 1.29 is 24.5 Å². The molecule has 0 aliphatic rings. The number of ether oxygens (including phenoxy) is 1. The molecule has 63 heavy (non-hydrogen) atoms. The van der Waals surface area contributed by atoms with Crippen LogP contribution in [0.1, 0.15) is 252 Å². The summed E-state index contributed by atoms with van der Waals surface area (Å²) in [4.78, 5) is 26.1. The highest BCUT2D eigenvalue weighted by Crippen LogP contribution is 2.18. The lowest BCUT2D eigenvalue weighted by Gasteiger charge is -2.24. The minimum Gasteiger partial charge on any atom is -0.462 e. The third-order valence-electron chi connectivity index (χ3n) is 11.8. The summed E-state index contributed by atoms with van der Waals surface area (Å²) in [5, 5.41) is 23.8. The van der Waals surface area contributed by atoms with Gasteiger partial charge < -0.3 is 20.3 Å². The fourth-order valence-electron chi connectivity index (χ4n) is 7.81. The van der Waals surface area contributed by atoms with Crippen LogP contribution in [-0.4, -0.2) is 46.9 Å². The van der Waals surface area contributed by atoms with Gasteiger partial charge in [-0.3, -0.25) is 9.59 Å². The fraction of sp³-hybridized carbons (Fsp3) is 0.754. The third kappa shape index (κ3) is 45.7. The summed E-state index contributed by atoms with van der Waals surface area (Å²) >= 11 is 0. The molecule has 3 unspecified atom stereocenters.